The lowest BCUT2D eigenvalue weighted by atomic mass is 10.2. The summed E-state index contributed by atoms with van der Waals surface area (Å²) in [5.41, 5.74) is -0.280. The second-order valence-electron chi connectivity index (χ2n) is 5.36. The lowest BCUT2D eigenvalue weighted by Crippen LogP contribution is -2.41. The van der Waals surface area contributed by atoms with E-state index in [0.717, 1.165) is 31.0 Å². The van der Waals surface area contributed by atoms with Crippen LogP contribution in [0.5, 0.6) is 11.5 Å². The second-order valence-corrected chi connectivity index (χ2v) is 5.36. The highest BCUT2D eigenvalue weighted by atomic mass is 16.6. The molecule has 7 heteroatoms. The molecule has 118 valence electrons. The molecule has 2 aromatic rings. The number of para-hydroxylation sites is 2. The number of benzene rings is 1. The van der Waals surface area contributed by atoms with Gasteiger partial charge in [0.15, 0.2) is 11.5 Å². The highest BCUT2D eigenvalue weighted by molar-refractivity contribution is 5.40. The molecular formula is C15H20N4O3. The van der Waals surface area contributed by atoms with E-state index in [1.807, 2.05) is 24.3 Å². The minimum Gasteiger partial charge on any atom is -0.486 e. The van der Waals surface area contributed by atoms with Gasteiger partial charge in [0, 0.05) is 6.54 Å². The van der Waals surface area contributed by atoms with Crippen LogP contribution in [-0.4, -0.2) is 45.9 Å². The SMILES string of the molecule is CCCN(Cc1n[nH]c(=O)[nH]1)C[C@@H]1COc2ccccc2O1. The van der Waals surface area contributed by atoms with Gasteiger partial charge in [-0.25, -0.2) is 9.89 Å². The molecule has 1 aromatic heterocycles. The Labute approximate surface area is 128 Å². The molecule has 1 aromatic carbocycles. The smallest absolute Gasteiger partial charge is 0.340 e. The summed E-state index contributed by atoms with van der Waals surface area (Å²) in [5, 5.41) is 6.35. The van der Waals surface area contributed by atoms with Crippen molar-refractivity contribution in [2.24, 2.45) is 0 Å². The van der Waals surface area contributed by atoms with Crippen LogP contribution < -0.4 is 15.2 Å². The molecule has 0 unspecified atom stereocenters. The Morgan fingerprint density at radius 2 is 2.18 bits per heavy atom. The predicted molar refractivity (Wildman–Crippen MR) is 81.1 cm³/mol. The molecule has 0 saturated carbocycles. The Bertz CT molecular complexity index is 667. The van der Waals surface area contributed by atoms with Crippen LogP contribution in [0, 0.1) is 0 Å². The number of aromatic nitrogens is 3. The van der Waals surface area contributed by atoms with Gasteiger partial charge in [0.05, 0.1) is 6.54 Å². The molecule has 0 radical (unpaired) electrons. The van der Waals surface area contributed by atoms with Gasteiger partial charge in [-0.1, -0.05) is 19.1 Å². The minimum atomic E-state index is -0.280. The first-order chi connectivity index (χ1) is 10.7. The fraction of sp³-hybridized carbons (Fsp3) is 0.467. The van der Waals surface area contributed by atoms with E-state index in [0.29, 0.717) is 19.0 Å². The van der Waals surface area contributed by atoms with E-state index in [1.54, 1.807) is 0 Å². The van der Waals surface area contributed by atoms with Gasteiger partial charge in [-0.3, -0.25) is 9.88 Å². The van der Waals surface area contributed by atoms with Gasteiger partial charge in [0.1, 0.15) is 18.5 Å². The molecular weight excluding hydrogens is 284 g/mol. The number of hydrogen-bond donors (Lipinski definition) is 2. The number of aromatic amines is 2. The summed E-state index contributed by atoms with van der Waals surface area (Å²) in [4.78, 5) is 16.0. The predicted octanol–water partition coefficient (Wildman–Crippen LogP) is 1.15. The van der Waals surface area contributed by atoms with Crippen molar-refractivity contribution in [3.63, 3.8) is 0 Å². The third-order valence-corrected chi connectivity index (χ3v) is 3.49. The average molecular weight is 304 g/mol. The molecule has 0 aliphatic carbocycles. The fourth-order valence-corrected chi connectivity index (χ4v) is 2.58. The lowest BCUT2D eigenvalue weighted by molar-refractivity contribution is 0.0557. The van der Waals surface area contributed by atoms with Crippen molar-refractivity contribution >= 4 is 0 Å². The zero-order valence-electron chi connectivity index (χ0n) is 12.5. The summed E-state index contributed by atoms with van der Waals surface area (Å²) in [5.74, 6) is 2.20. The van der Waals surface area contributed by atoms with Crippen LogP contribution in [0.15, 0.2) is 29.1 Å². The molecule has 22 heavy (non-hydrogen) atoms. The molecule has 0 fully saturated rings. The van der Waals surface area contributed by atoms with Gasteiger partial charge in [-0.2, -0.15) is 5.10 Å². The van der Waals surface area contributed by atoms with Crippen molar-refractivity contribution < 1.29 is 9.47 Å². The van der Waals surface area contributed by atoms with Crippen LogP contribution in [0.1, 0.15) is 19.2 Å². The van der Waals surface area contributed by atoms with Gasteiger partial charge in [-0.05, 0) is 25.1 Å². The normalized spacial score (nSPS) is 16.9. The molecule has 2 heterocycles. The number of fused-ring (bicyclic) bond motifs is 1. The van der Waals surface area contributed by atoms with Crippen LogP contribution in [-0.2, 0) is 6.54 Å². The maximum atomic E-state index is 11.1. The summed E-state index contributed by atoms with van der Waals surface area (Å²) >= 11 is 0. The van der Waals surface area contributed by atoms with E-state index < -0.39 is 0 Å². The number of ether oxygens (including phenoxy) is 2. The standard InChI is InChI=1S/C15H20N4O3/c1-2-7-19(9-14-16-15(20)18-17-14)8-11-10-21-12-5-3-4-6-13(12)22-11/h3-6,11H,2,7-10H2,1H3,(H2,16,17,18,20)/t11-/m1/s1. The van der Waals surface area contributed by atoms with Crippen molar-refractivity contribution in [1.29, 1.82) is 0 Å². The molecule has 3 rings (SSSR count). The first-order valence-electron chi connectivity index (χ1n) is 7.49. The van der Waals surface area contributed by atoms with Crippen LogP contribution >= 0.6 is 0 Å². The summed E-state index contributed by atoms with van der Waals surface area (Å²) < 4.78 is 11.7. The summed E-state index contributed by atoms with van der Waals surface area (Å²) in [6.07, 6.45) is 0.978. The topological polar surface area (TPSA) is 83.2 Å². The first kappa shape index (κ1) is 14.6. The zero-order chi connectivity index (χ0) is 15.4. The first-order valence-corrected chi connectivity index (χ1v) is 7.49. The highest BCUT2D eigenvalue weighted by Gasteiger charge is 2.23. The monoisotopic (exact) mass is 304 g/mol. The van der Waals surface area contributed by atoms with Crippen LogP contribution in [0.25, 0.3) is 0 Å². The van der Waals surface area contributed by atoms with Gasteiger partial charge < -0.3 is 9.47 Å². The summed E-state index contributed by atoms with van der Waals surface area (Å²) in [6, 6.07) is 7.68. The van der Waals surface area contributed by atoms with Crippen LogP contribution in [0.4, 0.5) is 0 Å². The summed E-state index contributed by atoms with van der Waals surface area (Å²) in [6.45, 7) is 4.84. The number of rotatable bonds is 6. The molecule has 1 aliphatic heterocycles. The maximum Gasteiger partial charge on any atom is 0.340 e. The molecule has 2 N–H and O–H groups in total. The van der Waals surface area contributed by atoms with Crippen molar-refractivity contribution in [1.82, 2.24) is 20.1 Å². The summed E-state index contributed by atoms with van der Waals surface area (Å²) in [7, 11) is 0. The zero-order valence-corrected chi connectivity index (χ0v) is 12.5. The average Bonchev–Trinajstić information content (AvgIpc) is 2.92. The van der Waals surface area contributed by atoms with E-state index >= 15 is 0 Å². The van der Waals surface area contributed by atoms with Crippen LogP contribution in [0.2, 0.25) is 0 Å². The maximum absolute atomic E-state index is 11.1. The second kappa shape index (κ2) is 6.65. The Morgan fingerprint density at radius 3 is 2.91 bits per heavy atom. The molecule has 0 amide bonds. The minimum absolute atomic E-state index is 0.0351. The third kappa shape index (κ3) is 3.48. The molecule has 1 atom stereocenters. The molecule has 0 spiro atoms. The third-order valence-electron chi connectivity index (χ3n) is 3.49. The van der Waals surface area contributed by atoms with E-state index in [1.165, 1.54) is 0 Å². The molecule has 0 saturated heterocycles. The van der Waals surface area contributed by atoms with E-state index in [4.69, 9.17) is 9.47 Å². The van der Waals surface area contributed by atoms with E-state index in [9.17, 15) is 4.79 Å². The van der Waals surface area contributed by atoms with Gasteiger partial charge >= 0.3 is 5.69 Å². The fourth-order valence-electron chi connectivity index (χ4n) is 2.58. The Kier molecular flexibility index (Phi) is 4.43. The Balaban J connectivity index is 1.63. The highest BCUT2D eigenvalue weighted by Crippen LogP contribution is 2.31. The van der Waals surface area contributed by atoms with Crippen LogP contribution in [0.3, 0.4) is 0 Å². The number of H-pyrrole nitrogens is 2. The van der Waals surface area contributed by atoms with Crippen molar-refractivity contribution in [2.75, 3.05) is 19.7 Å². The van der Waals surface area contributed by atoms with Gasteiger partial charge in [0.25, 0.3) is 0 Å². The number of hydrogen-bond acceptors (Lipinski definition) is 5. The molecule has 7 nitrogen and oxygen atoms in total. The largest absolute Gasteiger partial charge is 0.486 e. The van der Waals surface area contributed by atoms with Crippen molar-refractivity contribution in [3.8, 4) is 11.5 Å². The molecule has 0 bridgehead atoms. The number of nitrogens with one attached hydrogen (secondary N) is 2. The van der Waals surface area contributed by atoms with Crippen molar-refractivity contribution in [2.45, 2.75) is 26.0 Å². The Morgan fingerprint density at radius 1 is 1.36 bits per heavy atom. The lowest BCUT2D eigenvalue weighted by Gasteiger charge is -2.30. The van der Waals surface area contributed by atoms with Gasteiger partial charge in [-0.15, -0.1) is 0 Å². The quantitative estimate of drug-likeness (QED) is 0.836. The van der Waals surface area contributed by atoms with Crippen molar-refractivity contribution in [3.05, 3.63) is 40.6 Å². The van der Waals surface area contributed by atoms with E-state index in [-0.39, 0.29) is 11.8 Å². The van der Waals surface area contributed by atoms with Gasteiger partial charge in [0.2, 0.25) is 0 Å². The van der Waals surface area contributed by atoms with E-state index in [2.05, 4.69) is 27.0 Å². The number of nitrogens with zero attached hydrogens (tertiary/aromatic N) is 2. The Hall–Kier alpha value is -2.28. The molecule has 1 aliphatic rings.